The van der Waals surface area contributed by atoms with Crippen molar-refractivity contribution in [2.45, 2.75) is 65.0 Å². The maximum Gasteiger partial charge on any atom is 0.168 e. The van der Waals surface area contributed by atoms with Gasteiger partial charge in [-0.3, -0.25) is 0 Å². The molecule has 2 rings (SSSR count). The second-order valence-electron chi connectivity index (χ2n) is 5.80. The Morgan fingerprint density at radius 1 is 1.42 bits per heavy atom. The van der Waals surface area contributed by atoms with Gasteiger partial charge in [0.05, 0.1) is 6.10 Å². The molecule has 1 saturated carbocycles. The van der Waals surface area contributed by atoms with Crippen LogP contribution in [-0.2, 0) is 0 Å². The molecule has 0 radical (unpaired) electrons. The van der Waals surface area contributed by atoms with E-state index in [9.17, 15) is 0 Å². The number of ether oxygens (including phenoxy) is 1. The highest BCUT2D eigenvalue weighted by molar-refractivity contribution is 5.50. The van der Waals surface area contributed by atoms with Crippen LogP contribution in [0.1, 0.15) is 52.9 Å². The van der Waals surface area contributed by atoms with Crippen molar-refractivity contribution in [1.82, 2.24) is 4.98 Å². The fourth-order valence-corrected chi connectivity index (χ4v) is 2.83. The Bertz CT molecular complexity index is 392. The lowest BCUT2D eigenvalue weighted by atomic mass is 9.84. The second kappa shape index (κ2) is 6.78. The third kappa shape index (κ3) is 4.12. The summed E-state index contributed by atoms with van der Waals surface area (Å²) in [6.45, 7) is 6.39. The maximum absolute atomic E-state index is 5.82. The molecule has 19 heavy (non-hydrogen) atoms. The molecule has 1 aromatic rings. The van der Waals surface area contributed by atoms with Gasteiger partial charge in [0, 0.05) is 12.2 Å². The average Bonchev–Trinajstić information content (AvgIpc) is 2.41. The van der Waals surface area contributed by atoms with Gasteiger partial charge < -0.3 is 10.1 Å². The zero-order valence-electron chi connectivity index (χ0n) is 12.4. The Kier molecular flexibility index (Phi) is 5.06. The molecule has 106 valence electrons. The maximum atomic E-state index is 5.82. The van der Waals surface area contributed by atoms with E-state index < -0.39 is 0 Å². The summed E-state index contributed by atoms with van der Waals surface area (Å²) >= 11 is 0. The third-order valence-electron chi connectivity index (χ3n) is 3.83. The van der Waals surface area contributed by atoms with E-state index in [0.29, 0.717) is 6.04 Å². The number of hydrogen-bond donors (Lipinski definition) is 1. The van der Waals surface area contributed by atoms with E-state index in [1.54, 1.807) is 0 Å². The summed E-state index contributed by atoms with van der Waals surface area (Å²) in [5.41, 5.74) is 0. The highest BCUT2D eigenvalue weighted by Crippen LogP contribution is 2.30. The van der Waals surface area contributed by atoms with E-state index in [-0.39, 0.29) is 6.10 Å². The fraction of sp³-hybridized carbons (Fsp3) is 0.688. The van der Waals surface area contributed by atoms with Gasteiger partial charge in [-0.2, -0.15) is 0 Å². The van der Waals surface area contributed by atoms with Crippen molar-refractivity contribution < 1.29 is 4.74 Å². The van der Waals surface area contributed by atoms with Gasteiger partial charge in [0.25, 0.3) is 0 Å². The van der Waals surface area contributed by atoms with E-state index in [2.05, 4.69) is 17.2 Å². The number of rotatable bonds is 5. The van der Waals surface area contributed by atoms with Crippen LogP contribution >= 0.6 is 0 Å². The highest BCUT2D eigenvalue weighted by Gasteiger charge is 2.21. The van der Waals surface area contributed by atoms with Gasteiger partial charge in [-0.25, -0.2) is 4.98 Å². The van der Waals surface area contributed by atoms with Crippen LogP contribution in [0.2, 0.25) is 0 Å². The van der Waals surface area contributed by atoms with E-state index in [0.717, 1.165) is 17.5 Å². The van der Waals surface area contributed by atoms with Crippen LogP contribution in [0.4, 0.5) is 5.82 Å². The number of anilines is 1. The summed E-state index contributed by atoms with van der Waals surface area (Å²) in [4.78, 5) is 4.44. The predicted octanol–water partition coefficient (Wildman–Crippen LogP) is 4.25. The van der Waals surface area contributed by atoms with E-state index in [1.165, 1.54) is 32.1 Å². The molecule has 1 fully saturated rings. The van der Waals surface area contributed by atoms with Crippen molar-refractivity contribution in [3.05, 3.63) is 18.3 Å². The summed E-state index contributed by atoms with van der Waals surface area (Å²) in [6, 6.07) is 4.47. The van der Waals surface area contributed by atoms with Crippen LogP contribution in [0.5, 0.6) is 5.75 Å². The van der Waals surface area contributed by atoms with Crippen LogP contribution in [0.15, 0.2) is 18.3 Å². The average molecular weight is 262 g/mol. The molecule has 2 unspecified atom stereocenters. The van der Waals surface area contributed by atoms with E-state index >= 15 is 0 Å². The van der Waals surface area contributed by atoms with Crippen LogP contribution in [0, 0.1) is 5.92 Å². The highest BCUT2D eigenvalue weighted by atomic mass is 16.5. The molecule has 0 aliphatic heterocycles. The molecule has 1 heterocycles. The van der Waals surface area contributed by atoms with Crippen molar-refractivity contribution in [2.75, 3.05) is 5.32 Å². The van der Waals surface area contributed by atoms with E-state index in [4.69, 9.17) is 4.74 Å². The van der Waals surface area contributed by atoms with Gasteiger partial charge in [-0.1, -0.05) is 26.2 Å². The zero-order valence-corrected chi connectivity index (χ0v) is 12.4. The lowest BCUT2D eigenvalue weighted by molar-refractivity contribution is 0.242. The van der Waals surface area contributed by atoms with Gasteiger partial charge >= 0.3 is 0 Å². The normalized spacial score (nSPS) is 23.4. The molecule has 0 amide bonds. The number of pyridine rings is 1. The van der Waals surface area contributed by atoms with Crippen LogP contribution < -0.4 is 10.1 Å². The van der Waals surface area contributed by atoms with Crippen LogP contribution in [0.3, 0.4) is 0 Å². The summed E-state index contributed by atoms with van der Waals surface area (Å²) in [6.07, 6.45) is 8.50. The SMILES string of the molecule is CCC1CCCC(Nc2ncccc2OC(C)C)C1. The Hall–Kier alpha value is -1.25. The summed E-state index contributed by atoms with van der Waals surface area (Å²) in [5, 5.41) is 3.58. The van der Waals surface area contributed by atoms with Crippen molar-refractivity contribution in [3.8, 4) is 5.75 Å². The lowest BCUT2D eigenvalue weighted by Gasteiger charge is -2.30. The molecular formula is C16H26N2O. The minimum Gasteiger partial charge on any atom is -0.487 e. The van der Waals surface area contributed by atoms with Gasteiger partial charge in [0.1, 0.15) is 0 Å². The Morgan fingerprint density at radius 3 is 3.00 bits per heavy atom. The first-order chi connectivity index (χ1) is 9.19. The second-order valence-corrected chi connectivity index (χ2v) is 5.80. The minimum atomic E-state index is 0.180. The Labute approximate surface area is 116 Å². The van der Waals surface area contributed by atoms with E-state index in [1.807, 2.05) is 32.2 Å². The van der Waals surface area contributed by atoms with Crippen molar-refractivity contribution in [1.29, 1.82) is 0 Å². The monoisotopic (exact) mass is 262 g/mol. The summed E-state index contributed by atoms with van der Waals surface area (Å²) < 4.78 is 5.82. The first-order valence-electron chi connectivity index (χ1n) is 7.57. The molecular weight excluding hydrogens is 236 g/mol. The Balaban J connectivity index is 2.01. The van der Waals surface area contributed by atoms with Gasteiger partial charge in [-0.15, -0.1) is 0 Å². The molecule has 0 aromatic carbocycles. The minimum absolute atomic E-state index is 0.180. The molecule has 3 nitrogen and oxygen atoms in total. The van der Waals surface area contributed by atoms with Crippen molar-refractivity contribution >= 4 is 5.82 Å². The number of nitrogens with zero attached hydrogens (tertiary/aromatic N) is 1. The molecule has 0 bridgehead atoms. The van der Waals surface area contributed by atoms with Gasteiger partial charge in [0.2, 0.25) is 0 Å². The van der Waals surface area contributed by atoms with Gasteiger partial charge in [-0.05, 0) is 44.7 Å². The standard InChI is InChI=1S/C16H26N2O/c1-4-13-7-5-8-14(11-13)18-16-15(19-12(2)3)9-6-10-17-16/h6,9-10,12-14H,4-5,7-8,11H2,1-3H3,(H,17,18). The molecule has 1 aliphatic rings. The predicted molar refractivity (Wildman–Crippen MR) is 79.7 cm³/mol. The van der Waals surface area contributed by atoms with Crippen LogP contribution in [0.25, 0.3) is 0 Å². The summed E-state index contributed by atoms with van der Waals surface area (Å²) in [5.74, 6) is 2.64. The first kappa shape index (κ1) is 14.2. The molecule has 3 heteroatoms. The number of hydrogen-bond acceptors (Lipinski definition) is 3. The van der Waals surface area contributed by atoms with Gasteiger partial charge in [0.15, 0.2) is 11.6 Å². The quantitative estimate of drug-likeness (QED) is 0.861. The fourth-order valence-electron chi connectivity index (χ4n) is 2.83. The Morgan fingerprint density at radius 2 is 2.26 bits per heavy atom. The van der Waals surface area contributed by atoms with Crippen molar-refractivity contribution in [3.63, 3.8) is 0 Å². The molecule has 0 saturated heterocycles. The third-order valence-corrected chi connectivity index (χ3v) is 3.83. The lowest BCUT2D eigenvalue weighted by Crippen LogP contribution is -2.27. The largest absolute Gasteiger partial charge is 0.487 e. The first-order valence-corrected chi connectivity index (χ1v) is 7.57. The molecule has 2 atom stereocenters. The van der Waals surface area contributed by atoms with Crippen LogP contribution in [-0.4, -0.2) is 17.1 Å². The van der Waals surface area contributed by atoms with Crippen molar-refractivity contribution in [2.24, 2.45) is 5.92 Å². The summed E-state index contributed by atoms with van der Waals surface area (Å²) in [7, 11) is 0. The smallest absolute Gasteiger partial charge is 0.168 e. The molecule has 1 aromatic heterocycles. The zero-order chi connectivity index (χ0) is 13.7. The number of nitrogens with one attached hydrogen (secondary N) is 1. The molecule has 1 aliphatic carbocycles. The number of aromatic nitrogens is 1. The topological polar surface area (TPSA) is 34.2 Å². The molecule has 0 spiro atoms. The molecule has 1 N–H and O–H groups in total.